The molecule has 0 atom stereocenters. The molecule has 0 radical (unpaired) electrons. The van der Waals surface area contributed by atoms with Crippen LogP contribution in [0.15, 0.2) is 59.0 Å². The number of furan rings is 1. The van der Waals surface area contributed by atoms with Gasteiger partial charge in [0.15, 0.2) is 5.76 Å². The highest BCUT2D eigenvalue weighted by Gasteiger charge is 2.26. The Balaban J connectivity index is 1.25. The zero-order chi connectivity index (χ0) is 20.9. The van der Waals surface area contributed by atoms with Gasteiger partial charge in [0.1, 0.15) is 17.9 Å². The molecule has 0 unspecified atom stereocenters. The van der Waals surface area contributed by atoms with E-state index < -0.39 is 0 Å². The predicted octanol–water partition coefficient (Wildman–Crippen LogP) is 2.94. The Bertz CT molecular complexity index is 1000. The number of benzene rings is 2. The zero-order valence-electron chi connectivity index (χ0n) is 16.9. The fourth-order valence-electron chi connectivity index (χ4n) is 3.51. The highest BCUT2D eigenvalue weighted by molar-refractivity contribution is 5.96. The summed E-state index contributed by atoms with van der Waals surface area (Å²) >= 11 is 0. The second kappa shape index (κ2) is 9.00. The van der Waals surface area contributed by atoms with Gasteiger partial charge >= 0.3 is 0 Å². The van der Waals surface area contributed by atoms with E-state index in [1.54, 1.807) is 23.0 Å². The van der Waals surface area contributed by atoms with Gasteiger partial charge in [-0.2, -0.15) is 0 Å². The zero-order valence-corrected chi connectivity index (χ0v) is 16.9. The van der Waals surface area contributed by atoms with E-state index in [0.29, 0.717) is 44.1 Å². The molecule has 156 valence electrons. The van der Waals surface area contributed by atoms with Crippen molar-refractivity contribution in [1.82, 2.24) is 9.80 Å². The molecule has 2 aromatic carbocycles. The van der Waals surface area contributed by atoms with Gasteiger partial charge in [-0.25, -0.2) is 0 Å². The van der Waals surface area contributed by atoms with Crippen molar-refractivity contribution < 1.29 is 23.5 Å². The third-order valence-electron chi connectivity index (χ3n) is 5.18. The summed E-state index contributed by atoms with van der Waals surface area (Å²) in [4.78, 5) is 28.6. The number of methoxy groups -OCH3 is 1. The first-order chi connectivity index (χ1) is 14.6. The number of hydrogen-bond acceptors (Lipinski definition) is 5. The van der Waals surface area contributed by atoms with Crippen LogP contribution in [0.2, 0.25) is 0 Å². The van der Waals surface area contributed by atoms with Crippen LogP contribution >= 0.6 is 0 Å². The van der Waals surface area contributed by atoms with Crippen molar-refractivity contribution in [2.45, 2.75) is 6.61 Å². The topological polar surface area (TPSA) is 72.2 Å². The van der Waals surface area contributed by atoms with E-state index in [1.807, 2.05) is 48.5 Å². The third kappa shape index (κ3) is 4.46. The first-order valence-corrected chi connectivity index (χ1v) is 9.90. The normalized spacial score (nSPS) is 14.2. The number of rotatable bonds is 6. The highest BCUT2D eigenvalue weighted by atomic mass is 16.5. The summed E-state index contributed by atoms with van der Waals surface area (Å²) in [6.45, 7) is 2.25. The van der Waals surface area contributed by atoms with Gasteiger partial charge in [0.2, 0.25) is 5.91 Å². The number of carbonyl (C=O) groups is 2. The minimum absolute atomic E-state index is 0.00866. The first-order valence-electron chi connectivity index (χ1n) is 9.90. The molecule has 1 fully saturated rings. The van der Waals surface area contributed by atoms with Crippen LogP contribution in [0.4, 0.5) is 0 Å². The number of piperazine rings is 1. The maximum absolute atomic E-state index is 12.7. The molecule has 1 aromatic heterocycles. The molecule has 0 aliphatic carbocycles. The van der Waals surface area contributed by atoms with Crippen molar-refractivity contribution in [2.75, 3.05) is 39.9 Å². The van der Waals surface area contributed by atoms with Crippen LogP contribution in [0.25, 0.3) is 11.0 Å². The van der Waals surface area contributed by atoms with E-state index in [1.165, 1.54) is 0 Å². The fraction of sp³-hybridized carbons (Fsp3) is 0.304. The van der Waals surface area contributed by atoms with Crippen molar-refractivity contribution in [2.24, 2.45) is 0 Å². The molecule has 2 amide bonds. The van der Waals surface area contributed by atoms with E-state index in [0.717, 1.165) is 16.7 Å². The monoisotopic (exact) mass is 408 g/mol. The SMILES string of the molecule is COc1cccc(COCC(=O)N2CCN(C(=O)c3cc4ccccc4o3)CC2)c1. The van der Waals surface area contributed by atoms with Crippen molar-refractivity contribution in [1.29, 1.82) is 0 Å². The minimum Gasteiger partial charge on any atom is -0.497 e. The Hall–Kier alpha value is -3.32. The van der Waals surface area contributed by atoms with Crippen LogP contribution in [0, 0.1) is 0 Å². The van der Waals surface area contributed by atoms with Gasteiger partial charge in [0.25, 0.3) is 5.91 Å². The molecular weight excluding hydrogens is 384 g/mol. The summed E-state index contributed by atoms with van der Waals surface area (Å²) in [5, 5.41) is 0.905. The molecular formula is C23H24N2O5. The average molecular weight is 408 g/mol. The van der Waals surface area contributed by atoms with Crippen molar-refractivity contribution >= 4 is 22.8 Å². The van der Waals surface area contributed by atoms with E-state index in [2.05, 4.69) is 0 Å². The van der Waals surface area contributed by atoms with E-state index in [4.69, 9.17) is 13.9 Å². The third-order valence-corrected chi connectivity index (χ3v) is 5.18. The molecule has 0 bridgehead atoms. The van der Waals surface area contributed by atoms with Crippen LogP contribution in [0.1, 0.15) is 16.1 Å². The van der Waals surface area contributed by atoms with Crippen LogP contribution in [-0.4, -0.2) is 61.5 Å². The molecule has 0 spiro atoms. The molecule has 2 heterocycles. The maximum Gasteiger partial charge on any atom is 0.289 e. The van der Waals surface area contributed by atoms with Gasteiger partial charge in [-0.1, -0.05) is 30.3 Å². The van der Waals surface area contributed by atoms with Gasteiger partial charge in [0.05, 0.1) is 13.7 Å². The molecule has 0 N–H and O–H groups in total. The lowest BCUT2D eigenvalue weighted by Crippen LogP contribution is -2.51. The predicted molar refractivity (Wildman–Crippen MR) is 111 cm³/mol. The van der Waals surface area contributed by atoms with Crippen LogP contribution in [0.5, 0.6) is 5.75 Å². The number of hydrogen-bond donors (Lipinski definition) is 0. The number of nitrogens with zero attached hydrogens (tertiary/aromatic N) is 2. The quantitative estimate of drug-likeness (QED) is 0.627. The number of fused-ring (bicyclic) bond motifs is 1. The lowest BCUT2D eigenvalue weighted by molar-refractivity contribution is -0.138. The average Bonchev–Trinajstić information content (AvgIpc) is 3.23. The summed E-state index contributed by atoms with van der Waals surface area (Å²) in [6.07, 6.45) is 0. The number of para-hydroxylation sites is 1. The Morgan fingerprint density at radius 3 is 2.50 bits per heavy atom. The fourth-order valence-corrected chi connectivity index (χ4v) is 3.51. The summed E-state index contributed by atoms with van der Waals surface area (Å²) < 4.78 is 16.4. The van der Waals surface area contributed by atoms with Gasteiger partial charge in [-0.05, 0) is 29.8 Å². The second-order valence-corrected chi connectivity index (χ2v) is 7.17. The number of ether oxygens (including phenoxy) is 2. The summed E-state index contributed by atoms with van der Waals surface area (Å²) in [6, 6.07) is 16.9. The standard InChI is InChI=1S/C23H24N2O5/c1-28-19-7-4-5-17(13-19)15-29-16-22(26)24-9-11-25(12-10-24)23(27)21-14-18-6-2-3-8-20(18)30-21/h2-8,13-14H,9-12,15-16H2,1H3. The Morgan fingerprint density at radius 1 is 0.967 bits per heavy atom. The smallest absolute Gasteiger partial charge is 0.289 e. The minimum atomic E-state index is -0.146. The molecule has 30 heavy (non-hydrogen) atoms. The largest absolute Gasteiger partial charge is 0.497 e. The molecule has 1 aliphatic rings. The number of amides is 2. The number of carbonyl (C=O) groups excluding carboxylic acids is 2. The van der Waals surface area contributed by atoms with Crippen molar-refractivity contribution in [3.05, 3.63) is 65.9 Å². The Kier molecular flexibility index (Phi) is 5.99. The summed E-state index contributed by atoms with van der Waals surface area (Å²) in [5.41, 5.74) is 1.64. The Labute approximate surface area is 174 Å². The van der Waals surface area contributed by atoms with Crippen LogP contribution in [-0.2, 0) is 16.1 Å². The molecule has 1 saturated heterocycles. The molecule has 3 aromatic rings. The first kappa shape index (κ1) is 20.0. The molecule has 7 nitrogen and oxygen atoms in total. The summed E-state index contributed by atoms with van der Waals surface area (Å²) in [7, 11) is 1.61. The van der Waals surface area contributed by atoms with Gasteiger partial charge in [0, 0.05) is 31.6 Å². The van der Waals surface area contributed by atoms with E-state index >= 15 is 0 Å². The summed E-state index contributed by atoms with van der Waals surface area (Å²) in [5.74, 6) is 0.867. The van der Waals surface area contributed by atoms with Gasteiger partial charge < -0.3 is 23.7 Å². The highest BCUT2D eigenvalue weighted by Crippen LogP contribution is 2.20. The lowest BCUT2D eigenvalue weighted by atomic mass is 10.2. The molecule has 4 rings (SSSR count). The van der Waals surface area contributed by atoms with Crippen molar-refractivity contribution in [3.8, 4) is 5.75 Å². The second-order valence-electron chi connectivity index (χ2n) is 7.17. The van der Waals surface area contributed by atoms with Gasteiger partial charge in [-0.15, -0.1) is 0 Å². The lowest BCUT2D eigenvalue weighted by Gasteiger charge is -2.34. The maximum atomic E-state index is 12.7. The van der Waals surface area contributed by atoms with Crippen LogP contribution in [0.3, 0.4) is 0 Å². The van der Waals surface area contributed by atoms with Crippen LogP contribution < -0.4 is 4.74 Å². The molecule has 7 heteroatoms. The van der Waals surface area contributed by atoms with E-state index in [-0.39, 0.29) is 18.4 Å². The molecule has 0 saturated carbocycles. The Morgan fingerprint density at radius 2 is 1.73 bits per heavy atom. The molecule has 1 aliphatic heterocycles. The van der Waals surface area contributed by atoms with Gasteiger partial charge in [-0.3, -0.25) is 9.59 Å². The van der Waals surface area contributed by atoms with E-state index in [9.17, 15) is 9.59 Å². The van der Waals surface area contributed by atoms with Crippen molar-refractivity contribution in [3.63, 3.8) is 0 Å².